The first-order valence-corrected chi connectivity index (χ1v) is 23.5. The fourth-order valence-electron chi connectivity index (χ4n) is 7.68. The SMILES string of the molecule is Fc1ccc(Cn2nnc3c(-c4ccc(N(c5ccccc5)c5ccccc5)cc4)c4c(c(-c5ccc(N(c6ccccc6)c6ccccc6)cc5)c32)N[I-]S[N-]4)cc1. The molecule has 0 aliphatic carbocycles. The molecule has 7 nitrogen and oxygen atoms in total. The van der Waals surface area contributed by atoms with Crippen LogP contribution in [0.25, 0.3) is 38.0 Å². The summed E-state index contributed by atoms with van der Waals surface area (Å²) in [5, 5.41) is 9.71. The summed E-state index contributed by atoms with van der Waals surface area (Å²) >= 11 is -0.522. The molecular weight excluding hydrogens is 865 g/mol. The summed E-state index contributed by atoms with van der Waals surface area (Å²) in [6, 6.07) is 65.5. The Morgan fingerprint density at radius 3 is 1.46 bits per heavy atom. The number of halogens is 2. The first-order valence-electron chi connectivity index (χ1n) is 19.2. The molecule has 10 heteroatoms. The average Bonchev–Trinajstić information content (AvgIpc) is 3.71. The van der Waals surface area contributed by atoms with Crippen molar-refractivity contribution in [3.05, 3.63) is 210 Å². The summed E-state index contributed by atoms with van der Waals surface area (Å²) in [6.07, 6.45) is 0. The van der Waals surface area contributed by atoms with E-state index in [4.69, 9.17) is 15.0 Å². The third-order valence-electron chi connectivity index (χ3n) is 10.4. The molecule has 1 N–H and O–H groups in total. The number of fused-ring (bicyclic) bond motifs is 2. The Morgan fingerprint density at radius 2 is 0.983 bits per heavy atom. The van der Waals surface area contributed by atoms with Crippen LogP contribution in [0.1, 0.15) is 5.56 Å². The zero-order valence-electron chi connectivity index (χ0n) is 31.5. The maximum atomic E-state index is 14.1. The van der Waals surface area contributed by atoms with Crippen molar-refractivity contribution in [2.75, 3.05) is 13.3 Å². The fraction of sp³-hybridized carbons (Fsp3) is 0.0204. The van der Waals surface area contributed by atoms with Crippen LogP contribution < -0.4 is 33.4 Å². The van der Waals surface area contributed by atoms with Gasteiger partial charge in [-0.3, -0.25) is 0 Å². The van der Waals surface area contributed by atoms with Gasteiger partial charge in [-0.15, -0.1) is 0 Å². The molecule has 0 spiro atoms. The molecule has 0 fully saturated rings. The molecule has 1 aliphatic rings. The normalized spacial score (nSPS) is 12.2. The van der Waals surface area contributed by atoms with E-state index < -0.39 is 20.1 Å². The molecule has 1 aromatic heterocycles. The molecule has 0 saturated heterocycles. The number of hydrogen-bond donors (Lipinski definition) is 1. The van der Waals surface area contributed by atoms with Gasteiger partial charge in [-0.1, -0.05) is 12.1 Å². The van der Waals surface area contributed by atoms with E-state index in [0.29, 0.717) is 6.54 Å². The second-order valence-corrected chi connectivity index (χ2v) is 17.5. The number of anilines is 7. The molecule has 0 amide bonds. The molecule has 288 valence electrons. The zero-order valence-corrected chi connectivity index (χ0v) is 34.5. The van der Waals surface area contributed by atoms with Gasteiger partial charge in [-0.05, 0) is 0 Å². The van der Waals surface area contributed by atoms with E-state index in [1.807, 2.05) is 28.9 Å². The summed E-state index contributed by atoms with van der Waals surface area (Å²) in [4.78, 5) is 4.51. The van der Waals surface area contributed by atoms with Gasteiger partial charge in [0.2, 0.25) is 0 Å². The Hall–Kier alpha value is -6.63. The van der Waals surface area contributed by atoms with Gasteiger partial charge in [0.05, 0.1) is 0 Å². The minimum atomic E-state index is -0.522. The van der Waals surface area contributed by atoms with Crippen LogP contribution >= 0.6 is 9.12 Å². The van der Waals surface area contributed by atoms with Gasteiger partial charge in [0.25, 0.3) is 0 Å². The molecule has 0 bridgehead atoms. The van der Waals surface area contributed by atoms with Gasteiger partial charge in [-0.25, -0.2) is 0 Å². The van der Waals surface area contributed by atoms with Gasteiger partial charge >= 0.3 is 345 Å². The monoisotopic (exact) mass is 899 g/mol. The van der Waals surface area contributed by atoms with Crippen molar-refractivity contribution in [2.45, 2.75) is 6.54 Å². The molecule has 0 saturated carbocycles. The number of aromatic nitrogens is 3. The van der Waals surface area contributed by atoms with Gasteiger partial charge in [-0.2, -0.15) is 0 Å². The Kier molecular flexibility index (Phi) is 10.1. The molecule has 0 atom stereocenters. The van der Waals surface area contributed by atoms with Crippen LogP contribution in [0, 0.1) is 5.82 Å². The predicted octanol–water partition coefficient (Wildman–Crippen LogP) is 10.9. The van der Waals surface area contributed by atoms with Gasteiger partial charge in [0, 0.05) is 0 Å². The Labute approximate surface area is 355 Å². The Balaban J connectivity index is 1.13. The number of rotatable bonds is 10. The molecule has 0 radical (unpaired) electrons. The van der Waals surface area contributed by atoms with E-state index >= 15 is 0 Å². The predicted molar refractivity (Wildman–Crippen MR) is 238 cm³/mol. The summed E-state index contributed by atoms with van der Waals surface area (Å²) in [7, 11) is 1.59. The Morgan fingerprint density at radius 1 is 0.542 bits per heavy atom. The van der Waals surface area contributed by atoms with E-state index in [1.54, 1.807) is 21.3 Å². The fourth-order valence-corrected chi connectivity index (χ4v) is 10.4. The van der Waals surface area contributed by atoms with Crippen molar-refractivity contribution in [2.24, 2.45) is 0 Å². The second-order valence-electron chi connectivity index (χ2n) is 14.0. The number of nitrogens with zero attached hydrogens (tertiary/aromatic N) is 6. The Bertz CT molecular complexity index is 2760. The van der Waals surface area contributed by atoms with Crippen molar-refractivity contribution < 1.29 is 24.5 Å². The van der Waals surface area contributed by atoms with Gasteiger partial charge in [0.15, 0.2) is 0 Å². The van der Waals surface area contributed by atoms with Gasteiger partial charge < -0.3 is 0 Å². The standard InChI is InChI=1S/C49H35FIN7S/c50-37-27-21-34(22-28-37)33-56-49-45(36-25-31-43(32-26-36)58(40-17-9-3-10-18-40)41-19-11-4-12-20-41)46-47(54-59-51-52-46)44(48(49)53-55-56)35-23-29-42(30-24-35)57(38-13-5-1-6-14-38)39-15-7-2-8-16-39/h1-32,52H,33H2/q-2. The van der Waals surface area contributed by atoms with Crippen LogP contribution in [0.15, 0.2) is 194 Å². The molecule has 0 unspecified atom stereocenters. The van der Waals surface area contributed by atoms with Crippen LogP contribution in [0.5, 0.6) is 0 Å². The number of benzene rings is 8. The second kappa shape index (κ2) is 16.3. The van der Waals surface area contributed by atoms with Crippen LogP contribution in [0.4, 0.5) is 49.9 Å². The first-order chi connectivity index (χ1) is 29.2. The third kappa shape index (κ3) is 7.26. The first kappa shape index (κ1) is 36.7. The molecule has 2 heterocycles. The average molecular weight is 900 g/mol. The van der Waals surface area contributed by atoms with Crippen LogP contribution in [-0.4, -0.2) is 15.0 Å². The van der Waals surface area contributed by atoms with Crippen molar-refractivity contribution in [3.8, 4) is 22.3 Å². The van der Waals surface area contributed by atoms with E-state index in [0.717, 1.165) is 84.3 Å². The van der Waals surface area contributed by atoms with Crippen LogP contribution in [0.3, 0.4) is 0 Å². The van der Waals surface area contributed by atoms with E-state index in [-0.39, 0.29) is 5.82 Å². The topological polar surface area (TPSA) is 63.3 Å². The molecule has 59 heavy (non-hydrogen) atoms. The van der Waals surface area contributed by atoms with E-state index in [9.17, 15) is 4.39 Å². The summed E-state index contributed by atoms with van der Waals surface area (Å²) in [6.45, 7) is 0.416. The third-order valence-corrected chi connectivity index (χ3v) is 13.1. The number of para-hydroxylation sites is 4. The molecule has 9 aromatic rings. The van der Waals surface area contributed by atoms with E-state index in [2.05, 4.69) is 159 Å². The summed E-state index contributed by atoms with van der Waals surface area (Å²) in [5.74, 6) is -0.275. The van der Waals surface area contributed by atoms with Crippen molar-refractivity contribution in [3.63, 3.8) is 0 Å². The van der Waals surface area contributed by atoms with Crippen LogP contribution in [-0.2, 0) is 6.54 Å². The zero-order chi connectivity index (χ0) is 39.5. The minimum absolute atomic E-state index is 0.275. The molecule has 1 aliphatic heterocycles. The molecular formula is C49H35FIN7S-2. The van der Waals surface area contributed by atoms with Crippen molar-refractivity contribution >= 4 is 65.7 Å². The quantitative estimate of drug-likeness (QED) is 0.0838. The van der Waals surface area contributed by atoms with Gasteiger partial charge in [0.1, 0.15) is 0 Å². The maximum absolute atomic E-state index is 14.1. The summed E-state index contributed by atoms with van der Waals surface area (Å²) in [5.41, 5.74) is 14.6. The van der Waals surface area contributed by atoms with Crippen LogP contribution in [0.2, 0.25) is 0 Å². The van der Waals surface area contributed by atoms with Crippen molar-refractivity contribution in [1.82, 2.24) is 15.0 Å². The van der Waals surface area contributed by atoms with Crippen molar-refractivity contribution in [1.29, 1.82) is 0 Å². The van der Waals surface area contributed by atoms with E-state index in [1.165, 1.54) is 12.1 Å². The number of hydrogen-bond acceptors (Lipinski definition) is 6. The summed E-state index contributed by atoms with van der Waals surface area (Å²) < 4.78 is 25.0. The molecule has 8 aromatic carbocycles. The molecule has 10 rings (SSSR count). The number of nitrogens with one attached hydrogen (secondary N) is 1.